The van der Waals surface area contributed by atoms with Crippen LogP contribution in [0.15, 0.2) is 0 Å². The molecule has 358 valence electrons. The molecule has 0 unspecified atom stereocenters. The number of nitrogens with one attached hydrogen (secondary N) is 1. The smallest absolute Gasteiger partial charge is 0.220 e. The van der Waals surface area contributed by atoms with Gasteiger partial charge in [0.15, 0.2) is 0 Å². The second kappa shape index (κ2) is 41.3. The maximum Gasteiger partial charge on any atom is 0.220 e. The number of aliphatic hydroxyl groups excluding tert-OH is 6. The third-order valence-electron chi connectivity index (χ3n) is 12.8. The lowest BCUT2D eigenvalue weighted by Gasteiger charge is -2.40. The van der Waals surface area contributed by atoms with Gasteiger partial charge < -0.3 is 40.7 Å². The van der Waals surface area contributed by atoms with Gasteiger partial charge in [-0.25, -0.2) is 0 Å². The summed E-state index contributed by atoms with van der Waals surface area (Å²) in [5.74, 6) is -0.0701. The van der Waals surface area contributed by atoms with Gasteiger partial charge in [0.05, 0.1) is 18.8 Å². The zero-order chi connectivity index (χ0) is 43.9. The molecule has 0 aromatic rings. The first-order valence-electron chi connectivity index (χ1n) is 25.8. The Hall–Kier alpha value is -0.460. The van der Waals surface area contributed by atoms with Gasteiger partial charge in [-0.3, -0.25) is 4.79 Å². The summed E-state index contributed by atoms with van der Waals surface area (Å²) in [5, 5.41) is 65.7. The van der Waals surface area contributed by atoms with E-state index in [2.05, 4.69) is 19.2 Å². The van der Waals surface area contributed by atoms with E-state index in [9.17, 15) is 35.4 Å². The van der Waals surface area contributed by atoms with Gasteiger partial charge in [0.25, 0.3) is 0 Å². The number of amides is 1. The van der Waals surface area contributed by atoms with Gasteiger partial charge in [-0.05, 0) is 12.8 Å². The SMILES string of the molecule is CCCCCCCCCCCCCCCCCCCCCCCCCC(=O)N[C@H](CS[C@H]1O[C@H](CO)[C@@H](O)[C@H](O)[C@H]1O)[C@H](O)[C@H](O)CCCCCCCCCCCCCC. The Morgan fingerprint density at radius 3 is 1.23 bits per heavy atom. The van der Waals surface area contributed by atoms with Crippen LogP contribution in [0.4, 0.5) is 0 Å². The lowest BCUT2D eigenvalue weighted by atomic mass is 9.99. The van der Waals surface area contributed by atoms with E-state index in [0.717, 1.165) is 50.3 Å². The summed E-state index contributed by atoms with van der Waals surface area (Å²) in [4.78, 5) is 13.1. The molecule has 1 heterocycles. The van der Waals surface area contributed by atoms with Gasteiger partial charge in [-0.2, -0.15) is 0 Å². The van der Waals surface area contributed by atoms with E-state index in [1.165, 1.54) is 186 Å². The molecule has 1 aliphatic rings. The van der Waals surface area contributed by atoms with Crippen molar-refractivity contribution in [2.45, 2.75) is 300 Å². The van der Waals surface area contributed by atoms with Crippen LogP contribution >= 0.6 is 11.8 Å². The summed E-state index contributed by atoms with van der Waals surface area (Å²) in [6, 6.07) is -0.799. The summed E-state index contributed by atoms with van der Waals surface area (Å²) in [6.45, 7) is 4.00. The van der Waals surface area contributed by atoms with E-state index in [4.69, 9.17) is 4.74 Å². The zero-order valence-corrected chi connectivity index (χ0v) is 39.9. The predicted octanol–water partition coefficient (Wildman–Crippen LogP) is 11.2. The summed E-state index contributed by atoms with van der Waals surface area (Å²) in [7, 11) is 0. The molecular weight excluding hydrogens is 775 g/mol. The van der Waals surface area contributed by atoms with E-state index in [0.29, 0.717) is 12.8 Å². The topological polar surface area (TPSA) is 160 Å². The Morgan fingerprint density at radius 2 is 0.867 bits per heavy atom. The number of ether oxygens (including phenoxy) is 1. The standard InChI is InChI=1S/C50H99NO8S/c1-3-5-7-9-11-13-15-17-18-19-20-21-22-23-24-25-26-27-29-31-33-35-37-39-45(54)51-42(41-60-50-49(58)48(57)47(56)44(40-52)59-50)46(55)43(53)38-36-34-32-30-28-16-14-12-10-8-6-4-2/h42-44,46-50,52-53,55-58H,3-41H2,1-2H3,(H,51,54)/t42-,43-,44-,46+,47-,48+,49-,50-/m1/s1. The minimum absolute atomic E-state index is 0.116. The van der Waals surface area contributed by atoms with Crippen molar-refractivity contribution in [3.8, 4) is 0 Å². The molecule has 0 aromatic carbocycles. The first-order chi connectivity index (χ1) is 29.3. The molecule has 1 rings (SSSR count). The van der Waals surface area contributed by atoms with Crippen LogP contribution in [0.2, 0.25) is 0 Å². The Balaban J connectivity index is 2.26. The van der Waals surface area contributed by atoms with Crippen molar-refractivity contribution >= 4 is 17.7 Å². The number of aliphatic hydroxyl groups is 6. The van der Waals surface area contributed by atoms with Crippen molar-refractivity contribution in [2.75, 3.05) is 12.4 Å². The van der Waals surface area contributed by atoms with Gasteiger partial charge in [0.1, 0.15) is 36.0 Å². The van der Waals surface area contributed by atoms with Gasteiger partial charge in [0, 0.05) is 12.2 Å². The van der Waals surface area contributed by atoms with Crippen LogP contribution < -0.4 is 5.32 Å². The third kappa shape index (κ3) is 30.6. The molecule has 0 radical (unpaired) electrons. The summed E-state index contributed by atoms with van der Waals surface area (Å²) >= 11 is 1.09. The Kier molecular flexibility index (Phi) is 39.6. The highest BCUT2D eigenvalue weighted by molar-refractivity contribution is 7.99. The van der Waals surface area contributed by atoms with Gasteiger partial charge >= 0.3 is 0 Å². The predicted molar refractivity (Wildman–Crippen MR) is 252 cm³/mol. The molecule has 7 N–H and O–H groups in total. The molecule has 1 fully saturated rings. The van der Waals surface area contributed by atoms with E-state index in [-0.39, 0.29) is 11.7 Å². The molecule has 0 bridgehead atoms. The monoisotopic (exact) mass is 874 g/mol. The zero-order valence-electron chi connectivity index (χ0n) is 39.1. The maximum absolute atomic E-state index is 13.1. The molecule has 1 amide bonds. The van der Waals surface area contributed by atoms with Crippen LogP contribution in [0.5, 0.6) is 0 Å². The van der Waals surface area contributed by atoms with Crippen LogP contribution in [-0.4, -0.2) is 97.0 Å². The Morgan fingerprint density at radius 1 is 0.517 bits per heavy atom. The first kappa shape index (κ1) is 57.6. The molecule has 0 aliphatic carbocycles. The summed E-state index contributed by atoms with van der Waals surface area (Å²) < 4.78 is 5.65. The lowest BCUT2D eigenvalue weighted by molar-refractivity contribution is -0.205. The highest BCUT2D eigenvalue weighted by Crippen LogP contribution is 2.30. The fourth-order valence-corrected chi connectivity index (χ4v) is 9.87. The van der Waals surface area contributed by atoms with E-state index in [1.807, 2.05) is 0 Å². The van der Waals surface area contributed by atoms with Crippen molar-refractivity contribution in [1.82, 2.24) is 5.32 Å². The Bertz CT molecular complexity index is 931. The molecular formula is C50H99NO8S. The molecule has 0 saturated carbocycles. The number of unbranched alkanes of at least 4 members (excludes halogenated alkanes) is 33. The molecule has 8 atom stereocenters. The second-order valence-corrected chi connectivity index (χ2v) is 19.6. The van der Waals surface area contributed by atoms with Crippen molar-refractivity contribution in [3.05, 3.63) is 0 Å². The Labute approximate surface area is 373 Å². The third-order valence-corrected chi connectivity index (χ3v) is 14.1. The summed E-state index contributed by atoms with van der Waals surface area (Å²) in [6.07, 6.45) is 38.0. The van der Waals surface area contributed by atoms with Crippen LogP contribution in [0, 0.1) is 0 Å². The van der Waals surface area contributed by atoms with Crippen LogP contribution in [0.25, 0.3) is 0 Å². The fraction of sp³-hybridized carbons (Fsp3) is 0.980. The van der Waals surface area contributed by atoms with E-state index in [1.54, 1.807) is 0 Å². The van der Waals surface area contributed by atoms with Crippen LogP contribution in [0.1, 0.15) is 251 Å². The normalized spacial score (nSPS) is 21.0. The quantitative estimate of drug-likeness (QED) is 0.0296. The number of carbonyl (C=O) groups is 1. The van der Waals surface area contributed by atoms with E-state index >= 15 is 0 Å². The fourth-order valence-electron chi connectivity index (χ4n) is 8.61. The molecule has 1 aliphatic heterocycles. The van der Waals surface area contributed by atoms with Crippen LogP contribution in [0.3, 0.4) is 0 Å². The van der Waals surface area contributed by atoms with Gasteiger partial charge in [-0.15, -0.1) is 11.8 Å². The number of carbonyl (C=O) groups excluding carboxylic acids is 1. The largest absolute Gasteiger partial charge is 0.394 e. The average molecular weight is 874 g/mol. The van der Waals surface area contributed by atoms with Crippen LogP contribution in [-0.2, 0) is 9.53 Å². The molecule has 60 heavy (non-hydrogen) atoms. The maximum atomic E-state index is 13.1. The lowest BCUT2D eigenvalue weighted by Crippen LogP contribution is -2.58. The molecule has 9 nitrogen and oxygen atoms in total. The second-order valence-electron chi connectivity index (χ2n) is 18.5. The van der Waals surface area contributed by atoms with Crippen molar-refractivity contribution in [3.63, 3.8) is 0 Å². The van der Waals surface area contributed by atoms with Crippen molar-refractivity contribution in [2.24, 2.45) is 0 Å². The molecule has 1 saturated heterocycles. The average Bonchev–Trinajstić information content (AvgIpc) is 3.25. The molecule has 0 aromatic heterocycles. The number of hydrogen-bond acceptors (Lipinski definition) is 9. The number of thioether (sulfide) groups is 1. The minimum Gasteiger partial charge on any atom is -0.394 e. The molecule has 10 heteroatoms. The minimum atomic E-state index is -1.50. The van der Waals surface area contributed by atoms with Crippen molar-refractivity contribution < 1.29 is 40.2 Å². The number of hydrogen-bond donors (Lipinski definition) is 7. The number of rotatable bonds is 44. The highest BCUT2D eigenvalue weighted by atomic mass is 32.2. The highest BCUT2D eigenvalue weighted by Gasteiger charge is 2.44. The van der Waals surface area contributed by atoms with Crippen molar-refractivity contribution in [1.29, 1.82) is 0 Å². The molecule has 0 spiro atoms. The van der Waals surface area contributed by atoms with Gasteiger partial charge in [-0.1, -0.05) is 232 Å². The van der Waals surface area contributed by atoms with Gasteiger partial charge in [0.2, 0.25) is 5.91 Å². The first-order valence-corrected chi connectivity index (χ1v) is 26.9. The summed E-state index contributed by atoms with van der Waals surface area (Å²) in [5.41, 5.74) is -0.982. The van der Waals surface area contributed by atoms with E-state index < -0.39 is 54.7 Å².